The summed E-state index contributed by atoms with van der Waals surface area (Å²) in [6.45, 7) is 0.340. The molecule has 26 heavy (non-hydrogen) atoms. The van der Waals surface area contributed by atoms with E-state index in [4.69, 9.17) is 32.5 Å². The number of ether oxygens (including phenoxy) is 1. The van der Waals surface area contributed by atoms with Crippen LogP contribution in [0, 0.1) is 0 Å². The number of aromatic nitrogens is 2. The molecule has 3 aromatic rings. The Morgan fingerprint density at radius 1 is 1.15 bits per heavy atom. The van der Waals surface area contributed by atoms with Gasteiger partial charge in [0.25, 0.3) is 5.91 Å². The van der Waals surface area contributed by atoms with Crippen LogP contribution < -0.4 is 10.1 Å². The molecule has 0 aliphatic carbocycles. The summed E-state index contributed by atoms with van der Waals surface area (Å²) in [6, 6.07) is 12.0. The average molecular weight is 392 g/mol. The Morgan fingerprint density at radius 3 is 2.62 bits per heavy atom. The van der Waals surface area contributed by atoms with Gasteiger partial charge in [-0.15, -0.1) is 0 Å². The fourth-order valence-corrected chi connectivity index (χ4v) is 2.59. The zero-order valence-corrected chi connectivity index (χ0v) is 15.3. The zero-order chi connectivity index (χ0) is 18.5. The summed E-state index contributed by atoms with van der Waals surface area (Å²) in [5.41, 5.74) is 1.21. The van der Waals surface area contributed by atoms with Crippen LogP contribution >= 0.6 is 23.2 Å². The van der Waals surface area contributed by atoms with E-state index in [1.165, 1.54) is 7.11 Å². The van der Waals surface area contributed by atoms with Crippen molar-refractivity contribution in [1.29, 1.82) is 0 Å². The van der Waals surface area contributed by atoms with Gasteiger partial charge in [0.05, 0.1) is 12.7 Å². The summed E-state index contributed by atoms with van der Waals surface area (Å²) < 4.78 is 10.4. The predicted molar refractivity (Wildman–Crippen MR) is 98.8 cm³/mol. The molecule has 0 radical (unpaired) electrons. The first-order valence-electron chi connectivity index (χ1n) is 7.77. The van der Waals surface area contributed by atoms with Gasteiger partial charge in [-0.05, 0) is 42.5 Å². The topological polar surface area (TPSA) is 77.2 Å². The van der Waals surface area contributed by atoms with Gasteiger partial charge in [-0.3, -0.25) is 4.79 Å². The number of amides is 1. The van der Waals surface area contributed by atoms with E-state index < -0.39 is 0 Å². The van der Waals surface area contributed by atoms with E-state index in [1.54, 1.807) is 30.3 Å². The van der Waals surface area contributed by atoms with Crippen molar-refractivity contribution in [2.75, 3.05) is 13.7 Å². The molecule has 0 fully saturated rings. The molecular weight excluding hydrogens is 377 g/mol. The summed E-state index contributed by atoms with van der Waals surface area (Å²) in [5, 5.41) is 7.86. The third-order valence-corrected chi connectivity index (χ3v) is 4.09. The molecule has 0 saturated heterocycles. The molecule has 0 saturated carbocycles. The van der Waals surface area contributed by atoms with Crippen LogP contribution in [0.2, 0.25) is 10.0 Å². The Bertz CT molecular complexity index is 910. The van der Waals surface area contributed by atoms with Crippen LogP contribution in [0.5, 0.6) is 5.75 Å². The Morgan fingerprint density at radius 2 is 1.88 bits per heavy atom. The largest absolute Gasteiger partial charge is 0.496 e. The first-order valence-corrected chi connectivity index (χ1v) is 8.52. The molecule has 2 aromatic carbocycles. The Balaban J connectivity index is 1.58. The lowest BCUT2D eigenvalue weighted by atomic mass is 10.2. The third kappa shape index (κ3) is 4.33. The van der Waals surface area contributed by atoms with E-state index in [1.807, 2.05) is 12.1 Å². The number of hydrogen-bond acceptors (Lipinski definition) is 5. The predicted octanol–water partition coefficient (Wildman–Crippen LogP) is 4.02. The number of hydrogen-bond donors (Lipinski definition) is 1. The van der Waals surface area contributed by atoms with Crippen molar-refractivity contribution in [2.24, 2.45) is 0 Å². The summed E-state index contributed by atoms with van der Waals surface area (Å²) in [5.74, 6) is 1.05. The van der Waals surface area contributed by atoms with E-state index in [9.17, 15) is 4.79 Å². The van der Waals surface area contributed by atoms with Gasteiger partial charge in [-0.2, -0.15) is 4.98 Å². The van der Waals surface area contributed by atoms with Crippen molar-refractivity contribution < 1.29 is 14.1 Å². The van der Waals surface area contributed by atoms with E-state index in [2.05, 4.69) is 15.5 Å². The van der Waals surface area contributed by atoms with Crippen LogP contribution in [0.1, 0.15) is 16.2 Å². The molecule has 1 heterocycles. The van der Waals surface area contributed by atoms with Crippen molar-refractivity contribution in [3.63, 3.8) is 0 Å². The van der Waals surface area contributed by atoms with Crippen LogP contribution in [-0.4, -0.2) is 29.7 Å². The second kappa shape index (κ2) is 8.21. The van der Waals surface area contributed by atoms with Crippen LogP contribution in [0.25, 0.3) is 11.4 Å². The van der Waals surface area contributed by atoms with Crippen LogP contribution in [0.15, 0.2) is 47.0 Å². The quantitative estimate of drug-likeness (QED) is 0.686. The van der Waals surface area contributed by atoms with Crippen LogP contribution in [0.3, 0.4) is 0 Å². The van der Waals surface area contributed by atoms with E-state index in [0.29, 0.717) is 46.0 Å². The number of methoxy groups -OCH3 is 1. The van der Waals surface area contributed by atoms with E-state index in [-0.39, 0.29) is 5.91 Å². The molecule has 0 aliphatic heterocycles. The number of halogens is 2. The lowest BCUT2D eigenvalue weighted by molar-refractivity contribution is 0.0950. The number of nitrogens with zero attached hydrogens (tertiary/aromatic N) is 2. The second-order valence-electron chi connectivity index (χ2n) is 5.37. The third-order valence-electron chi connectivity index (χ3n) is 3.60. The van der Waals surface area contributed by atoms with Crippen molar-refractivity contribution in [3.05, 3.63) is 64.0 Å². The molecule has 8 heteroatoms. The Kier molecular flexibility index (Phi) is 5.75. The normalized spacial score (nSPS) is 10.6. The molecule has 134 valence electrons. The maximum Gasteiger partial charge on any atom is 0.255 e. The molecular formula is C18H15Cl2N3O3. The fraction of sp³-hybridized carbons (Fsp3) is 0.167. The van der Waals surface area contributed by atoms with Crippen LogP contribution in [-0.2, 0) is 6.42 Å². The first-order chi connectivity index (χ1) is 12.6. The average Bonchev–Trinajstić information content (AvgIpc) is 3.11. The van der Waals surface area contributed by atoms with Gasteiger partial charge in [0.15, 0.2) is 0 Å². The zero-order valence-electron chi connectivity index (χ0n) is 13.8. The van der Waals surface area contributed by atoms with Gasteiger partial charge in [0.1, 0.15) is 5.75 Å². The van der Waals surface area contributed by atoms with Crippen molar-refractivity contribution in [2.45, 2.75) is 6.42 Å². The fourth-order valence-electron chi connectivity index (χ4n) is 2.30. The van der Waals surface area contributed by atoms with Crippen LogP contribution in [0.4, 0.5) is 0 Å². The maximum atomic E-state index is 12.3. The van der Waals surface area contributed by atoms with E-state index in [0.717, 1.165) is 5.56 Å². The molecule has 3 rings (SSSR count). The molecule has 1 N–H and O–H groups in total. The molecule has 1 amide bonds. The number of carbonyl (C=O) groups is 1. The summed E-state index contributed by atoms with van der Waals surface area (Å²) in [7, 11) is 1.49. The summed E-state index contributed by atoms with van der Waals surface area (Å²) in [4.78, 5) is 16.6. The highest BCUT2D eigenvalue weighted by Gasteiger charge is 2.13. The van der Waals surface area contributed by atoms with E-state index >= 15 is 0 Å². The van der Waals surface area contributed by atoms with Gasteiger partial charge in [0.2, 0.25) is 11.7 Å². The van der Waals surface area contributed by atoms with Crippen molar-refractivity contribution in [3.8, 4) is 17.1 Å². The Labute approximate surface area is 160 Å². The molecule has 0 bridgehead atoms. The van der Waals surface area contributed by atoms with Gasteiger partial charge < -0.3 is 14.6 Å². The molecule has 0 atom stereocenters. The maximum absolute atomic E-state index is 12.3. The number of benzene rings is 2. The summed E-state index contributed by atoms with van der Waals surface area (Å²) in [6.07, 6.45) is 0.405. The second-order valence-corrected chi connectivity index (χ2v) is 6.24. The Hall–Kier alpha value is -2.57. The van der Waals surface area contributed by atoms with Gasteiger partial charge >= 0.3 is 0 Å². The minimum absolute atomic E-state index is 0.268. The number of nitrogens with one attached hydrogen (secondary N) is 1. The molecule has 0 aliphatic rings. The molecule has 0 unspecified atom stereocenters. The van der Waals surface area contributed by atoms with Gasteiger partial charge in [-0.1, -0.05) is 28.4 Å². The number of rotatable bonds is 6. The SMILES string of the molecule is COc1cc(Cl)ccc1C(=O)NCCc1nc(-c2ccc(Cl)cc2)no1. The van der Waals surface area contributed by atoms with Gasteiger partial charge in [-0.25, -0.2) is 0 Å². The standard InChI is InChI=1S/C18H15Cl2N3O3/c1-25-15-10-13(20)6-7-14(15)18(24)21-9-8-16-22-17(23-26-16)11-2-4-12(19)5-3-11/h2-7,10H,8-9H2,1H3,(H,21,24). The molecule has 6 nitrogen and oxygen atoms in total. The monoisotopic (exact) mass is 391 g/mol. The molecule has 1 aromatic heterocycles. The lowest BCUT2D eigenvalue weighted by Gasteiger charge is -2.08. The lowest BCUT2D eigenvalue weighted by Crippen LogP contribution is -2.26. The minimum Gasteiger partial charge on any atom is -0.496 e. The van der Waals surface area contributed by atoms with Gasteiger partial charge in [0, 0.05) is 28.6 Å². The van der Waals surface area contributed by atoms with Crippen molar-refractivity contribution >= 4 is 29.1 Å². The van der Waals surface area contributed by atoms with Crippen molar-refractivity contribution in [1.82, 2.24) is 15.5 Å². The highest BCUT2D eigenvalue weighted by molar-refractivity contribution is 6.31. The number of carbonyl (C=O) groups excluding carboxylic acids is 1. The first kappa shape index (κ1) is 18.2. The summed E-state index contributed by atoms with van der Waals surface area (Å²) >= 11 is 11.8. The minimum atomic E-state index is -0.268. The highest BCUT2D eigenvalue weighted by atomic mass is 35.5. The molecule has 0 spiro atoms. The smallest absolute Gasteiger partial charge is 0.255 e. The highest BCUT2D eigenvalue weighted by Crippen LogP contribution is 2.23.